The summed E-state index contributed by atoms with van der Waals surface area (Å²) in [5.41, 5.74) is 1.57. The highest BCUT2D eigenvalue weighted by Crippen LogP contribution is 2.37. The van der Waals surface area contributed by atoms with E-state index in [4.69, 9.17) is 9.47 Å². The smallest absolute Gasteiger partial charge is 0.327 e. The Balaban J connectivity index is 1.43. The Morgan fingerprint density at radius 1 is 0.906 bits per heavy atom. The molecule has 2 aliphatic rings. The van der Waals surface area contributed by atoms with Crippen LogP contribution in [0.2, 0.25) is 0 Å². The van der Waals surface area contributed by atoms with Crippen LogP contribution in [0.5, 0.6) is 11.5 Å². The molecule has 4 rings (SSSR count). The summed E-state index contributed by atoms with van der Waals surface area (Å²) in [7, 11) is 4.91. The number of likely N-dealkylation sites (N-methyl/N-ethyl adjacent to an activating group) is 1. The zero-order valence-corrected chi connectivity index (χ0v) is 19.0. The lowest BCUT2D eigenvalue weighted by atomic mass is 9.85. The average molecular weight is 438 g/mol. The number of carbonyl (C=O) groups excluding carboxylic acids is 2. The van der Waals surface area contributed by atoms with Crippen LogP contribution >= 0.6 is 0 Å². The second-order valence-corrected chi connectivity index (χ2v) is 8.56. The molecule has 1 spiro atoms. The van der Waals surface area contributed by atoms with Crippen LogP contribution in [0.1, 0.15) is 24.0 Å². The van der Waals surface area contributed by atoms with E-state index in [0.29, 0.717) is 25.8 Å². The van der Waals surface area contributed by atoms with Crippen molar-refractivity contribution in [2.75, 3.05) is 40.9 Å². The molecule has 2 aliphatic heterocycles. The van der Waals surface area contributed by atoms with Gasteiger partial charge < -0.3 is 14.4 Å². The molecule has 3 amide bonds. The zero-order valence-electron chi connectivity index (χ0n) is 19.0. The van der Waals surface area contributed by atoms with E-state index in [1.807, 2.05) is 47.4 Å². The molecule has 7 nitrogen and oxygen atoms in total. The Bertz CT molecular complexity index is 967. The van der Waals surface area contributed by atoms with E-state index in [9.17, 15) is 9.59 Å². The van der Waals surface area contributed by atoms with E-state index in [2.05, 4.69) is 11.0 Å². The van der Waals surface area contributed by atoms with E-state index >= 15 is 0 Å². The summed E-state index contributed by atoms with van der Waals surface area (Å²) in [5, 5.41) is 0. The van der Waals surface area contributed by atoms with Gasteiger partial charge in [-0.25, -0.2) is 4.79 Å². The Labute approximate surface area is 189 Å². The van der Waals surface area contributed by atoms with Gasteiger partial charge >= 0.3 is 6.03 Å². The third-order valence-electron chi connectivity index (χ3n) is 6.74. The number of amides is 3. The fraction of sp³-hybridized carbons (Fsp3) is 0.440. The van der Waals surface area contributed by atoms with Crippen molar-refractivity contribution in [3.05, 3.63) is 59.7 Å². The maximum atomic E-state index is 13.2. The van der Waals surface area contributed by atoms with Crippen molar-refractivity contribution in [2.24, 2.45) is 0 Å². The van der Waals surface area contributed by atoms with E-state index in [1.165, 1.54) is 10.5 Å². The minimum atomic E-state index is -0.733. The molecule has 170 valence electrons. The Morgan fingerprint density at radius 2 is 1.59 bits per heavy atom. The van der Waals surface area contributed by atoms with E-state index in [-0.39, 0.29) is 11.9 Å². The molecule has 2 aromatic rings. The SMILES string of the molecule is COc1ccc(CCN2C(=O)N(C)C(=O)C23CCN(Cc2cccc(OC)c2)CC3)cc1. The first-order valence-corrected chi connectivity index (χ1v) is 11.0. The maximum Gasteiger partial charge on any atom is 0.327 e. The predicted molar refractivity (Wildman–Crippen MR) is 122 cm³/mol. The third kappa shape index (κ3) is 4.17. The van der Waals surface area contributed by atoms with Crippen molar-refractivity contribution < 1.29 is 19.1 Å². The van der Waals surface area contributed by atoms with Gasteiger partial charge in [-0.3, -0.25) is 14.6 Å². The summed E-state index contributed by atoms with van der Waals surface area (Å²) in [6.07, 6.45) is 2.00. The molecule has 2 aromatic carbocycles. The molecule has 0 N–H and O–H groups in total. The summed E-state index contributed by atoms with van der Waals surface area (Å²) < 4.78 is 10.5. The van der Waals surface area contributed by atoms with E-state index in [0.717, 1.165) is 36.7 Å². The van der Waals surface area contributed by atoms with Gasteiger partial charge in [-0.2, -0.15) is 0 Å². The minimum absolute atomic E-state index is 0.0711. The number of urea groups is 1. The first-order valence-electron chi connectivity index (χ1n) is 11.0. The lowest BCUT2D eigenvalue weighted by molar-refractivity contribution is -0.134. The molecule has 0 saturated carbocycles. The molecule has 0 bridgehead atoms. The van der Waals surface area contributed by atoms with Gasteiger partial charge in [0.1, 0.15) is 17.0 Å². The van der Waals surface area contributed by atoms with Gasteiger partial charge in [-0.15, -0.1) is 0 Å². The molecule has 0 aromatic heterocycles. The fourth-order valence-electron chi connectivity index (χ4n) is 4.82. The molecule has 0 aliphatic carbocycles. The average Bonchev–Trinajstić information content (AvgIpc) is 3.00. The van der Waals surface area contributed by atoms with Gasteiger partial charge in [0.2, 0.25) is 0 Å². The Hall–Kier alpha value is -3.06. The summed E-state index contributed by atoms with van der Waals surface area (Å²) in [4.78, 5) is 31.5. The monoisotopic (exact) mass is 437 g/mol. The van der Waals surface area contributed by atoms with Crippen molar-refractivity contribution in [3.8, 4) is 11.5 Å². The van der Waals surface area contributed by atoms with E-state index < -0.39 is 5.54 Å². The molecule has 2 fully saturated rings. The summed E-state index contributed by atoms with van der Waals surface area (Å²) in [6, 6.07) is 15.7. The van der Waals surface area contributed by atoms with Crippen molar-refractivity contribution in [1.29, 1.82) is 0 Å². The topological polar surface area (TPSA) is 62.3 Å². The number of methoxy groups -OCH3 is 2. The van der Waals surface area contributed by atoms with Crippen LogP contribution in [0.25, 0.3) is 0 Å². The number of piperidine rings is 1. The molecule has 0 unspecified atom stereocenters. The third-order valence-corrected chi connectivity index (χ3v) is 6.74. The minimum Gasteiger partial charge on any atom is -0.497 e. The van der Waals surface area contributed by atoms with Crippen molar-refractivity contribution in [1.82, 2.24) is 14.7 Å². The number of imide groups is 1. The van der Waals surface area contributed by atoms with Crippen LogP contribution in [0.4, 0.5) is 4.79 Å². The normalized spacial score (nSPS) is 18.5. The van der Waals surface area contributed by atoms with Gasteiger partial charge in [0.25, 0.3) is 5.91 Å². The number of ether oxygens (including phenoxy) is 2. The number of carbonyl (C=O) groups is 2. The lowest BCUT2D eigenvalue weighted by Gasteiger charge is -2.42. The van der Waals surface area contributed by atoms with Gasteiger partial charge in [0.15, 0.2) is 0 Å². The van der Waals surface area contributed by atoms with Crippen LogP contribution in [0, 0.1) is 0 Å². The molecular formula is C25H31N3O4. The van der Waals surface area contributed by atoms with Crippen LogP contribution in [0.15, 0.2) is 48.5 Å². The van der Waals surface area contributed by atoms with Crippen molar-refractivity contribution >= 4 is 11.9 Å². The number of benzene rings is 2. The number of hydrogen-bond acceptors (Lipinski definition) is 5. The number of likely N-dealkylation sites (tertiary alicyclic amines) is 1. The van der Waals surface area contributed by atoms with Crippen molar-refractivity contribution in [3.63, 3.8) is 0 Å². The second kappa shape index (κ2) is 9.20. The highest BCUT2D eigenvalue weighted by Gasteiger charge is 2.56. The fourth-order valence-corrected chi connectivity index (χ4v) is 4.82. The lowest BCUT2D eigenvalue weighted by Crippen LogP contribution is -2.56. The number of rotatable bonds is 7. The first-order chi connectivity index (χ1) is 15.5. The quantitative estimate of drug-likeness (QED) is 0.623. The van der Waals surface area contributed by atoms with Crippen LogP contribution < -0.4 is 9.47 Å². The van der Waals surface area contributed by atoms with Gasteiger partial charge in [-0.05, 0) is 54.7 Å². The van der Waals surface area contributed by atoms with E-state index in [1.54, 1.807) is 21.3 Å². The molecule has 0 radical (unpaired) electrons. The Kier molecular flexibility index (Phi) is 6.37. The van der Waals surface area contributed by atoms with Crippen molar-refractivity contribution in [2.45, 2.75) is 31.3 Å². The number of hydrogen-bond donors (Lipinski definition) is 0. The molecule has 2 saturated heterocycles. The number of nitrogens with zero attached hydrogens (tertiary/aromatic N) is 3. The molecule has 7 heteroatoms. The van der Waals surface area contributed by atoms with Crippen LogP contribution in [-0.4, -0.2) is 73.1 Å². The maximum absolute atomic E-state index is 13.2. The largest absolute Gasteiger partial charge is 0.497 e. The molecule has 0 atom stereocenters. The summed E-state index contributed by atoms with van der Waals surface area (Å²) in [5.74, 6) is 1.58. The second-order valence-electron chi connectivity index (χ2n) is 8.56. The first kappa shape index (κ1) is 22.1. The van der Waals surface area contributed by atoms with Gasteiger partial charge in [0, 0.05) is 33.2 Å². The molecule has 32 heavy (non-hydrogen) atoms. The van der Waals surface area contributed by atoms with Gasteiger partial charge in [0.05, 0.1) is 14.2 Å². The summed E-state index contributed by atoms with van der Waals surface area (Å²) >= 11 is 0. The summed E-state index contributed by atoms with van der Waals surface area (Å²) in [6.45, 7) is 2.86. The van der Waals surface area contributed by atoms with Gasteiger partial charge in [-0.1, -0.05) is 24.3 Å². The van der Waals surface area contributed by atoms with Crippen LogP contribution in [0.3, 0.4) is 0 Å². The Morgan fingerprint density at radius 3 is 2.25 bits per heavy atom. The van der Waals surface area contributed by atoms with Crippen LogP contribution in [-0.2, 0) is 17.8 Å². The highest BCUT2D eigenvalue weighted by molar-refractivity contribution is 6.06. The highest BCUT2D eigenvalue weighted by atomic mass is 16.5. The zero-order chi connectivity index (χ0) is 22.7. The predicted octanol–water partition coefficient (Wildman–Crippen LogP) is 3.18. The molecular weight excluding hydrogens is 406 g/mol. The standard InChI is InChI=1S/C25H31N3O4/c1-26-23(29)25(28(24(26)30)14-11-19-7-9-21(31-2)10-8-19)12-15-27(16-13-25)18-20-5-4-6-22(17-20)32-3/h4-10,17H,11-16,18H2,1-3H3. The molecule has 2 heterocycles.